The minimum Gasteiger partial charge on any atom is -0.342 e. The molecule has 0 spiro atoms. The lowest BCUT2D eigenvalue weighted by Crippen LogP contribution is -2.48. The molecule has 0 bridgehead atoms. The Bertz CT molecular complexity index is 886. The lowest BCUT2D eigenvalue weighted by Gasteiger charge is -2.36. The zero-order valence-corrected chi connectivity index (χ0v) is 18.7. The van der Waals surface area contributed by atoms with Gasteiger partial charge in [-0.15, -0.1) is 0 Å². The molecule has 32 heavy (non-hydrogen) atoms. The third-order valence-electron chi connectivity index (χ3n) is 6.78. The number of carbonyl (C=O) groups is 4. The van der Waals surface area contributed by atoms with Crippen LogP contribution in [0, 0.1) is 5.92 Å². The van der Waals surface area contributed by atoms with E-state index < -0.39 is 6.04 Å². The molecule has 1 unspecified atom stereocenters. The van der Waals surface area contributed by atoms with E-state index in [0.29, 0.717) is 24.5 Å². The van der Waals surface area contributed by atoms with Crippen LogP contribution in [0.25, 0.3) is 0 Å². The monoisotopic (exact) mass is 440 g/mol. The molecular weight excluding hydrogens is 408 g/mol. The number of piperidine rings is 1. The Morgan fingerprint density at radius 3 is 2.31 bits per heavy atom. The molecule has 4 rings (SSSR count). The van der Waals surface area contributed by atoms with Crippen molar-refractivity contribution in [3.8, 4) is 0 Å². The van der Waals surface area contributed by atoms with Gasteiger partial charge in [-0.05, 0) is 57.0 Å². The highest BCUT2D eigenvalue weighted by Gasteiger charge is 2.44. The molecule has 3 fully saturated rings. The van der Waals surface area contributed by atoms with Crippen molar-refractivity contribution in [2.24, 2.45) is 5.92 Å². The maximum absolute atomic E-state index is 13.2. The Balaban J connectivity index is 1.37. The van der Waals surface area contributed by atoms with Crippen molar-refractivity contribution < 1.29 is 19.2 Å². The van der Waals surface area contributed by atoms with Gasteiger partial charge in [-0.1, -0.05) is 18.9 Å². The highest BCUT2D eigenvalue weighted by atomic mass is 16.2. The van der Waals surface area contributed by atoms with Crippen LogP contribution in [-0.2, 0) is 19.2 Å². The first-order valence-electron chi connectivity index (χ1n) is 11.7. The molecule has 8 nitrogen and oxygen atoms in total. The van der Waals surface area contributed by atoms with Crippen molar-refractivity contribution in [1.29, 1.82) is 0 Å². The summed E-state index contributed by atoms with van der Waals surface area (Å²) in [4.78, 5) is 55.5. The van der Waals surface area contributed by atoms with Crippen LogP contribution in [0.3, 0.4) is 0 Å². The molecule has 1 aromatic carbocycles. The Labute approximate surface area is 188 Å². The number of rotatable bonds is 4. The number of imide groups is 1. The van der Waals surface area contributed by atoms with Gasteiger partial charge >= 0.3 is 0 Å². The van der Waals surface area contributed by atoms with Crippen LogP contribution in [0.4, 0.5) is 11.4 Å². The van der Waals surface area contributed by atoms with Crippen molar-refractivity contribution in [2.45, 2.75) is 57.9 Å². The summed E-state index contributed by atoms with van der Waals surface area (Å²) in [6, 6.07) is 6.30. The molecule has 172 valence electrons. The number of likely N-dealkylation sites (tertiary alicyclic amines) is 2. The van der Waals surface area contributed by atoms with E-state index in [4.69, 9.17) is 0 Å². The highest BCUT2D eigenvalue weighted by molar-refractivity contribution is 6.22. The Hall–Kier alpha value is -2.74. The molecule has 0 radical (unpaired) electrons. The fourth-order valence-electron chi connectivity index (χ4n) is 5.11. The summed E-state index contributed by atoms with van der Waals surface area (Å²) in [5, 5.41) is 2.68. The van der Waals surface area contributed by atoms with E-state index in [-0.39, 0.29) is 36.0 Å². The van der Waals surface area contributed by atoms with Crippen LogP contribution in [0.15, 0.2) is 24.3 Å². The predicted molar refractivity (Wildman–Crippen MR) is 121 cm³/mol. The molecular formula is C24H32N4O4. The van der Waals surface area contributed by atoms with E-state index in [2.05, 4.69) is 10.2 Å². The first-order valence-corrected chi connectivity index (χ1v) is 11.7. The smallest absolute Gasteiger partial charge is 0.251 e. The van der Waals surface area contributed by atoms with Crippen LogP contribution >= 0.6 is 0 Å². The molecule has 1 aromatic rings. The second-order valence-corrected chi connectivity index (χ2v) is 9.07. The molecule has 4 amide bonds. The zero-order chi connectivity index (χ0) is 22.7. The molecule has 3 saturated heterocycles. The third kappa shape index (κ3) is 4.85. The first kappa shape index (κ1) is 22.5. The molecule has 0 saturated carbocycles. The summed E-state index contributed by atoms with van der Waals surface area (Å²) < 4.78 is 0. The molecule has 0 aromatic heterocycles. The van der Waals surface area contributed by atoms with Gasteiger partial charge < -0.3 is 10.2 Å². The van der Waals surface area contributed by atoms with Gasteiger partial charge in [0.05, 0.1) is 18.2 Å². The van der Waals surface area contributed by atoms with Crippen LogP contribution in [-0.4, -0.2) is 65.6 Å². The number of anilines is 2. The Kier molecular flexibility index (Phi) is 6.89. The largest absolute Gasteiger partial charge is 0.342 e. The lowest BCUT2D eigenvalue weighted by atomic mass is 9.94. The van der Waals surface area contributed by atoms with Crippen LogP contribution in [0.1, 0.15) is 51.9 Å². The molecule has 3 aliphatic heterocycles. The van der Waals surface area contributed by atoms with Gasteiger partial charge in [0.1, 0.15) is 0 Å². The van der Waals surface area contributed by atoms with Crippen LogP contribution < -0.4 is 10.2 Å². The maximum atomic E-state index is 13.2. The second kappa shape index (κ2) is 9.81. The standard InChI is InChI=1S/C24H32N4O4/c1-17(29)25-19-7-6-8-20(15-19)28-22(30)16-21(24(28)32)26-13-9-18(10-14-26)23(31)27-11-4-2-3-5-12-27/h6-8,15,18,21H,2-5,9-14,16H2,1H3,(H,25,29). The maximum Gasteiger partial charge on any atom is 0.251 e. The number of carbonyl (C=O) groups excluding carboxylic acids is 4. The summed E-state index contributed by atoms with van der Waals surface area (Å²) in [5.41, 5.74) is 1.02. The van der Waals surface area contributed by atoms with Gasteiger partial charge in [0, 0.05) is 31.6 Å². The molecule has 1 atom stereocenters. The summed E-state index contributed by atoms with van der Waals surface area (Å²) in [5.74, 6) is -0.398. The van der Waals surface area contributed by atoms with Crippen molar-refractivity contribution in [3.63, 3.8) is 0 Å². The van der Waals surface area contributed by atoms with Gasteiger partial charge in [-0.3, -0.25) is 24.1 Å². The van der Waals surface area contributed by atoms with Gasteiger partial charge in [-0.2, -0.15) is 0 Å². The molecule has 1 N–H and O–H groups in total. The average molecular weight is 441 g/mol. The van der Waals surface area contributed by atoms with Crippen LogP contribution in [0.5, 0.6) is 0 Å². The summed E-state index contributed by atoms with van der Waals surface area (Å²) in [6.07, 6.45) is 6.17. The molecule has 8 heteroatoms. The van der Waals surface area contributed by atoms with Crippen molar-refractivity contribution in [1.82, 2.24) is 9.80 Å². The van der Waals surface area contributed by atoms with Gasteiger partial charge in [0.25, 0.3) is 5.91 Å². The molecule has 3 aliphatic rings. The van der Waals surface area contributed by atoms with E-state index in [1.54, 1.807) is 24.3 Å². The third-order valence-corrected chi connectivity index (χ3v) is 6.78. The van der Waals surface area contributed by atoms with Gasteiger partial charge in [0.15, 0.2) is 0 Å². The second-order valence-electron chi connectivity index (χ2n) is 9.07. The lowest BCUT2D eigenvalue weighted by molar-refractivity contribution is -0.137. The number of hydrogen-bond acceptors (Lipinski definition) is 5. The fourth-order valence-corrected chi connectivity index (χ4v) is 5.11. The zero-order valence-electron chi connectivity index (χ0n) is 18.7. The van der Waals surface area contributed by atoms with E-state index in [9.17, 15) is 19.2 Å². The van der Waals surface area contributed by atoms with Crippen molar-refractivity contribution >= 4 is 35.0 Å². The van der Waals surface area contributed by atoms with Crippen molar-refractivity contribution in [2.75, 3.05) is 36.4 Å². The number of amides is 4. The molecule has 3 heterocycles. The van der Waals surface area contributed by atoms with Crippen LogP contribution in [0.2, 0.25) is 0 Å². The normalized spacial score (nSPS) is 23.3. The number of nitrogens with zero attached hydrogens (tertiary/aromatic N) is 3. The SMILES string of the molecule is CC(=O)Nc1cccc(N2C(=O)CC(N3CCC(C(=O)N4CCCCCC4)CC3)C2=O)c1. The number of nitrogens with one attached hydrogen (secondary N) is 1. The Morgan fingerprint density at radius 2 is 1.66 bits per heavy atom. The molecule has 0 aliphatic carbocycles. The summed E-state index contributed by atoms with van der Waals surface area (Å²) in [6.45, 7) is 4.43. The first-order chi connectivity index (χ1) is 15.4. The summed E-state index contributed by atoms with van der Waals surface area (Å²) >= 11 is 0. The van der Waals surface area contributed by atoms with Gasteiger partial charge in [0.2, 0.25) is 17.7 Å². The predicted octanol–water partition coefficient (Wildman–Crippen LogP) is 2.39. The van der Waals surface area contributed by atoms with E-state index in [1.807, 2.05) is 4.90 Å². The minimum atomic E-state index is -0.485. The summed E-state index contributed by atoms with van der Waals surface area (Å²) in [7, 11) is 0. The number of benzene rings is 1. The fraction of sp³-hybridized carbons (Fsp3) is 0.583. The Morgan fingerprint density at radius 1 is 0.969 bits per heavy atom. The van der Waals surface area contributed by atoms with Crippen molar-refractivity contribution in [3.05, 3.63) is 24.3 Å². The quantitative estimate of drug-likeness (QED) is 0.726. The minimum absolute atomic E-state index is 0.0157. The average Bonchev–Trinajstić information content (AvgIpc) is 2.95. The van der Waals surface area contributed by atoms with E-state index in [1.165, 1.54) is 24.7 Å². The highest BCUT2D eigenvalue weighted by Crippen LogP contribution is 2.30. The van der Waals surface area contributed by atoms with E-state index in [0.717, 1.165) is 38.8 Å². The van der Waals surface area contributed by atoms with Gasteiger partial charge in [-0.25, -0.2) is 4.90 Å². The van der Waals surface area contributed by atoms with E-state index >= 15 is 0 Å². The topological polar surface area (TPSA) is 90.0 Å². The number of hydrogen-bond donors (Lipinski definition) is 1.